The number of hydrogen-bond donors (Lipinski definition) is 0. The topological polar surface area (TPSA) is 73.4 Å². The maximum absolute atomic E-state index is 12.7. The smallest absolute Gasteiger partial charge is 0.233 e. The first-order chi connectivity index (χ1) is 13.7. The van der Waals surface area contributed by atoms with Crippen LogP contribution in [0, 0.1) is 6.92 Å². The van der Waals surface area contributed by atoms with Gasteiger partial charge < -0.3 is 14.1 Å². The Morgan fingerprint density at radius 3 is 2.71 bits per heavy atom. The number of amides is 1. The highest BCUT2D eigenvalue weighted by Crippen LogP contribution is 2.29. The van der Waals surface area contributed by atoms with Crippen molar-refractivity contribution in [2.24, 2.45) is 0 Å². The fraction of sp³-hybridized carbons (Fsp3) is 0.650. The molecule has 0 saturated carbocycles. The Hall–Kier alpha value is -1.80. The van der Waals surface area contributed by atoms with Gasteiger partial charge in [-0.05, 0) is 38.7 Å². The summed E-state index contributed by atoms with van der Waals surface area (Å²) in [6.45, 7) is 5.19. The van der Waals surface area contributed by atoms with E-state index < -0.39 is 0 Å². The lowest BCUT2D eigenvalue weighted by Crippen LogP contribution is -2.33. The van der Waals surface area contributed by atoms with E-state index in [1.165, 1.54) is 24.6 Å². The van der Waals surface area contributed by atoms with Crippen LogP contribution in [0.1, 0.15) is 44.3 Å². The van der Waals surface area contributed by atoms with Crippen LogP contribution in [-0.2, 0) is 16.1 Å². The molecule has 2 aliphatic heterocycles. The van der Waals surface area contributed by atoms with E-state index in [1.54, 1.807) is 6.26 Å². The summed E-state index contributed by atoms with van der Waals surface area (Å²) in [4.78, 5) is 14.7. The number of rotatable bonds is 6. The molecular weight excluding hydrogens is 376 g/mol. The summed E-state index contributed by atoms with van der Waals surface area (Å²) < 4.78 is 13.4. The van der Waals surface area contributed by atoms with E-state index >= 15 is 0 Å². The van der Waals surface area contributed by atoms with Gasteiger partial charge >= 0.3 is 0 Å². The average Bonchev–Trinajstić information content (AvgIpc) is 3.39. The van der Waals surface area contributed by atoms with Crippen molar-refractivity contribution in [3.05, 3.63) is 18.1 Å². The van der Waals surface area contributed by atoms with Crippen molar-refractivity contribution in [1.29, 1.82) is 0 Å². The summed E-state index contributed by atoms with van der Waals surface area (Å²) >= 11 is 1.47. The molecule has 0 radical (unpaired) electrons. The van der Waals surface area contributed by atoms with E-state index in [0.717, 1.165) is 67.7 Å². The molecule has 4 heterocycles. The van der Waals surface area contributed by atoms with Gasteiger partial charge in [0, 0.05) is 19.7 Å². The first-order valence-corrected chi connectivity index (χ1v) is 11.2. The molecule has 2 aromatic rings. The lowest BCUT2D eigenvalue weighted by atomic mass is 10.2. The number of nitrogens with zero attached hydrogens (tertiary/aromatic N) is 4. The second-order valence-electron chi connectivity index (χ2n) is 7.53. The Balaban J connectivity index is 1.50. The standard InChI is InChI=1S/C20H28N4O3S/c1-15-17(8-12-26-15)19-21-22-20(24(19)13-16-7-6-11-27-16)28-14-18(25)23-9-4-2-3-5-10-23/h8,12,16H,2-7,9-11,13-14H2,1H3/t16-/m0/s1. The normalized spacial score (nSPS) is 20.5. The molecule has 2 fully saturated rings. The first kappa shape index (κ1) is 19.5. The molecule has 0 bridgehead atoms. The highest BCUT2D eigenvalue weighted by molar-refractivity contribution is 7.99. The number of ether oxygens (including phenoxy) is 1. The highest BCUT2D eigenvalue weighted by atomic mass is 32.2. The van der Waals surface area contributed by atoms with Gasteiger partial charge in [0.05, 0.1) is 30.2 Å². The lowest BCUT2D eigenvalue weighted by Gasteiger charge is -2.20. The number of aryl methyl sites for hydroxylation is 1. The van der Waals surface area contributed by atoms with Gasteiger partial charge in [-0.3, -0.25) is 9.36 Å². The van der Waals surface area contributed by atoms with Gasteiger partial charge in [-0.25, -0.2) is 0 Å². The number of aromatic nitrogens is 3. The van der Waals surface area contributed by atoms with Crippen LogP contribution in [0.5, 0.6) is 0 Å². The van der Waals surface area contributed by atoms with Crippen LogP contribution in [0.25, 0.3) is 11.4 Å². The molecule has 2 saturated heterocycles. The second kappa shape index (κ2) is 9.13. The van der Waals surface area contributed by atoms with Crippen LogP contribution >= 0.6 is 11.8 Å². The van der Waals surface area contributed by atoms with Gasteiger partial charge in [-0.2, -0.15) is 0 Å². The van der Waals surface area contributed by atoms with Crippen molar-refractivity contribution < 1.29 is 13.9 Å². The molecular formula is C20H28N4O3S. The van der Waals surface area contributed by atoms with E-state index in [1.807, 2.05) is 17.9 Å². The Bertz CT molecular complexity index is 789. The van der Waals surface area contributed by atoms with Crippen molar-refractivity contribution >= 4 is 17.7 Å². The van der Waals surface area contributed by atoms with Crippen molar-refractivity contribution in [3.8, 4) is 11.4 Å². The van der Waals surface area contributed by atoms with Gasteiger partial charge in [0.15, 0.2) is 11.0 Å². The molecule has 2 aromatic heterocycles. The highest BCUT2D eigenvalue weighted by Gasteiger charge is 2.24. The third-order valence-corrected chi connectivity index (χ3v) is 6.46. The molecule has 1 amide bonds. The third kappa shape index (κ3) is 4.43. The minimum Gasteiger partial charge on any atom is -0.469 e. The van der Waals surface area contributed by atoms with Crippen molar-refractivity contribution in [2.45, 2.75) is 63.3 Å². The lowest BCUT2D eigenvalue weighted by molar-refractivity contribution is -0.128. The largest absolute Gasteiger partial charge is 0.469 e. The molecule has 2 aliphatic rings. The van der Waals surface area contributed by atoms with Crippen LogP contribution in [0.2, 0.25) is 0 Å². The van der Waals surface area contributed by atoms with E-state index in [4.69, 9.17) is 9.15 Å². The quantitative estimate of drug-likeness (QED) is 0.686. The summed E-state index contributed by atoms with van der Waals surface area (Å²) in [6.07, 6.45) is 8.63. The molecule has 152 valence electrons. The molecule has 0 unspecified atom stereocenters. The molecule has 0 aliphatic carbocycles. The van der Waals surface area contributed by atoms with Crippen molar-refractivity contribution in [3.63, 3.8) is 0 Å². The van der Waals surface area contributed by atoms with Crippen LogP contribution in [0.3, 0.4) is 0 Å². The summed E-state index contributed by atoms with van der Waals surface area (Å²) in [5.74, 6) is 2.19. The zero-order chi connectivity index (χ0) is 19.3. The summed E-state index contributed by atoms with van der Waals surface area (Å²) in [7, 11) is 0. The molecule has 1 atom stereocenters. The molecule has 0 N–H and O–H groups in total. The summed E-state index contributed by atoms with van der Waals surface area (Å²) in [6, 6.07) is 1.92. The maximum atomic E-state index is 12.7. The summed E-state index contributed by atoms with van der Waals surface area (Å²) in [5, 5.41) is 9.59. The van der Waals surface area contributed by atoms with Crippen LogP contribution < -0.4 is 0 Å². The molecule has 4 rings (SSSR count). The fourth-order valence-corrected chi connectivity index (χ4v) is 4.76. The number of furan rings is 1. The Morgan fingerprint density at radius 1 is 1.21 bits per heavy atom. The van der Waals surface area contributed by atoms with E-state index in [2.05, 4.69) is 14.8 Å². The zero-order valence-corrected chi connectivity index (χ0v) is 17.2. The zero-order valence-electron chi connectivity index (χ0n) is 16.4. The second-order valence-corrected chi connectivity index (χ2v) is 8.47. The first-order valence-electron chi connectivity index (χ1n) is 10.2. The Morgan fingerprint density at radius 2 is 2.04 bits per heavy atom. The number of carbonyl (C=O) groups is 1. The van der Waals surface area contributed by atoms with Gasteiger partial charge in [-0.1, -0.05) is 24.6 Å². The predicted molar refractivity (Wildman–Crippen MR) is 107 cm³/mol. The van der Waals surface area contributed by atoms with Crippen LogP contribution in [0.4, 0.5) is 0 Å². The van der Waals surface area contributed by atoms with Gasteiger partial charge in [0.2, 0.25) is 5.91 Å². The Labute approximate surface area is 169 Å². The predicted octanol–water partition coefficient (Wildman–Crippen LogP) is 3.52. The minimum absolute atomic E-state index is 0.169. The number of thioether (sulfide) groups is 1. The molecule has 7 nitrogen and oxygen atoms in total. The maximum Gasteiger partial charge on any atom is 0.233 e. The fourth-order valence-electron chi connectivity index (χ4n) is 3.91. The molecule has 0 aromatic carbocycles. The van der Waals surface area contributed by atoms with Crippen LogP contribution in [-0.4, -0.2) is 57.1 Å². The molecule has 0 spiro atoms. The van der Waals surface area contributed by atoms with Gasteiger partial charge in [0.25, 0.3) is 0 Å². The van der Waals surface area contributed by atoms with Gasteiger partial charge in [0.1, 0.15) is 5.76 Å². The van der Waals surface area contributed by atoms with Crippen molar-refractivity contribution in [1.82, 2.24) is 19.7 Å². The number of likely N-dealkylation sites (tertiary alicyclic amines) is 1. The van der Waals surface area contributed by atoms with Gasteiger partial charge in [-0.15, -0.1) is 10.2 Å². The van der Waals surface area contributed by atoms with Crippen molar-refractivity contribution in [2.75, 3.05) is 25.4 Å². The molecule has 8 heteroatoms. The summed E-state index contributed by atoms with van der Waals surface area (Å²) in [5.41, 5.74) is 0.941. The average molecular weight is 405 g/mol. The van der Waals surface area contributed by atoms with E-state index in [0.29, 0.717) is 12.3 Å². The molecule has 28 heavy (non-hydrogen) atoms. The SMILES string of the molecule is Cc1occc1-c1nnc(SCC(=O)N2CCCCCC2)n1C[C@@H]1CCCO1. The minimum atomic E-state index is 0.169. The third-order valence-electron chi connectivity index (χ3n) is 5.51. The number of hydrogen-bond acceptors (Lipinski definition) is 6. The van der Waals surface area contributed by atoms with E-state index in [9.17, 15) is 4.79 Å². The monoisotopic (exact) mass is 404 g/mol. The van der Waals surface area contributed by atoms with Crippen LogP contribution in [0.15, 0.2) is 21.9 Å². The Kier molecular flexibility index (Phi) is 6.36. The number of carbonyl (C=O) groups excluding carboxylic acids is 1. The van der Waals surface area contributed by atoms with E-state index in [-0.39, 0.29) is 12.0 Å².